The lowest BCUT2D eigenvalue weighted by Crippen LogP contribution is -2.32. The molecule has 190 valence electrons. The Balaban J connectivity index is 1.54. The number of ether oxygens (including phenoxy) is 2. The lowest BCUT2D eigenvalue weighted by Gasteiger charge is -2.10. The quantitative estimate of drug-likeness (QED) is 0.146. The molecule has 0 atom stereocenters. The standard InChI is InChI=1S/C27H25BrN4O5/c1-3-13-36-23-10-8-21(9-11-23)31-26(34)27(35)32-29-16-19-15-20(28)7-12-24(19)37-17-25(33)30-22-6-4-5-18(2)14-22/h3-12,14-16H,1,13,17H2,2H3,(H,30,33)(H,31,34)(H,32,35)/b29-16-. The average Bonchev–Trinajstić information content (AvgIpc) is 2.87. The highest BCUT2D eigenvalue weighted by atomic mass is 79.9. The first-order valence-electron chi connectivity index (χ1n) is 11.1. The van der Waals surface area contributed by atoms with Crippen LogP contribution >= 0.6 is 15.9 Å². The number of amides is 3. The first-order valence-corrected chi connectivity index (χ1v) is 11.9. The molecule has 0 saturated carbocycles. The molecule has 0 unspecified atom stereocenters. The molecule has 9 nitrogen and oxygen atoms in total. The first-order chi connectivity index (χ1) is 17.8. The molecule has 0 fully saturated rings. The molecule has 0 bridgehead atoms. The molecule has 0 heterocycles. The number of carbonyl (C=O) groups excluding carboxylic acids is 3. The van der Waals surface area contributed by atoms with Crippen LogP contribution in [-0.4, -0.2) is 37.1 Å². The van der Waals surface area contributed by atoms with Gasteiger partial charge in [0.05, 0.1) is 6.21 Å². The summed E-state index contributed by atoms with van der Waals surface area (Å²) in [5.41, 5.74) is 4.76. The molecule has 0 radical (unpaired) electrons. The number of carbonyl (C=O) groups is 3. The van der Waals surface area contributed by atoms with Crippen molar-refractivity contribution in [1.82, 2.24) is 5.43 Å². The van der Waals surface area contributed by atoms with Crippen LogP contribution in [0.3, 0.4) is 0 Å². The Morgan fingerprint density at radius 2 is 1.73 bits per heavy atom. The van der Waals surface area contributed by atoms with E-state index in [-0.39, 0.29) is 12.5 Å². The lowest BCUT2D eigenvalue weighted by atomic mass is 10.2. The Hall–Kier alpha value is -4.44. The van der Waals surface area contributed by atoms with E-state index in [2.05, 4.69) is 43.7 Å². The molecule has 37 heavy (non-hydrogen) atoms. The van der Waals surface area contributed by atoms with Crippen molar-refractivity contribution < 1.29 is 23.9 Å². The van der Waals surface area contributed by atoms with Gasteiger partial charge >= 0.3 is 11.8 Å². The number of anilines is 2. The SMILES string of the molecule is C=CCOc1ccc(NC(=O)C(=O)N/N=C\c2cc(Br)ccc2OCC(=O)Nc2cccc(C)c2)cc1. The van der Waals surface area contributed by atoms with Crippen LogP contribution in [-0.2, 0) is 14.4 Å². The first kappa shape index (κ1) is 27.2. The molecule has 0 saturated heterocycles. The highest BCUT2D eigenvalue weighted by Gasteiger charge is 2.13. The van der Waals surface area contributed by atoms with E-state index >= 15 is 0 Å². The van der Waals surface area contributed by atoms with E-state index in [9.17, 15) is 14.4 Å². The van der Waals surface area contributed by atoms with Crippen molar-refractivity contribution in [1.29, 1.82) is 0 Å². The highest BCUT2D eigenvalue weighted by Crippen LogP contribution is 2.22. The van der Waals surface area contributed by atoms with Gasteiger partial charge in [-0.25, -0.2) is 5.43 Å². The van der Waals surface area contributed by atoms with E-state index in [4.69, 9.17) is 9.47 Å². The van der Waals surface area contributed by atoms with Gasteiger partial charge in [0, 0.05) is 21.4 Å². The van der Waals surface area contributed by atoms with Crippen LogP contribution in [0.1, 0.15) is 11.1 Å². The van der Waals surface area contributed by atoms with Gasteiger partial charge in [-0.15, -0.1) is 0 Å². The molecule has 10 heteroatoms. The third kappa shape index (κ3) is 8.93. The topological polar surface area (TPSA) is 118 Å². The Labute approximate surface area is 222 Å². The van der Waals surface area contributed by atoms with E-state index in [1.54, 1.807) is 54.6 Å². The minimum Gasteiger partial charge on any atom is -0.490 e. The molecule has 3 aromatic rings. The molecular weight excluding hydrogens is 540 g/mol. The number of rotatable bonds is 10. The van der Waals surface area contributed by atoms with Crippen LogP contribution in [0.15, 0.2) is 89.0 Å². The van der Waals surface area contributed by atoms with Crippen molar-refractivity contribution in [3.05, 3.63) is 95.0 Å². The van der Waals surface area contributed by atoms with Crippen LogP contribution < -0.4 is 25.5 Å². The molecule has 0 aromatic heterocycles. The van der Waals surface area contributed by atoms with Gasteiger partial charge in [-0.2, -0.15) is 5.10 Å². The van der Waals surface area contributed by atoms with Crippen LogP contribution in [0.5, 0.6) is 11.5 Å². The summed E-state index contributed by atoms with van der Waals surface area (Å²) >= 11 is 3.37. The predicted molar refractivity (Wildman–Crippen MR) is 146 cm³/mol. The largest absolute Gasteiger partial charge is 0.490 e. The number of nitrogens with zero attached hydrogens (tertiary/aromatic N) is 1. The smallest absolute Gasteiger partial charge is 0.329 e. The fourth-order valence-corrected chi connectivity index (χ4v) is 3.38. The zero-order chi connectivity index (χ0) is 26.6. The second kappa shape index (κ2) is 13.6. The summed E-state index contributed by atoms with van der Waals surface area (Å²) in [7, 11) is 0. The molecule has 0 aliphatic carbocycles. The summed E-state index contributed by atoms with van der Waals surface area (Å²) in [6.45, 7) is 5.63. The summed E-state index contributed by atoms with van der Waals surface area (Å²) in [5, 5.41) is 9.08. The molecule has 3 rings (SSSR count). The zero-order valence-corrected chi connectivity index (χ0v) is 21.6. The Kier molecular flexibility index (Phi) is 9.98. The fourth-order valence-electron chi connectivity index (χ4n) is 3.00. The lowest BCUT2D eigenvalue weighted by molar-refractivity contribution is -0.136. The Bertz CT molecular complexity index is 1310. The third-order valence-corrected chi connectivity index (χ3v) is 5.18. The molecule has 0 spiro atoms. The van der Waals surface area contributed by atoms with Crippen molar-refractivity contribution in [3.8, 4) is 11.5 Å². The van der Waals surface area contributed by atoms with Crippen LogP contribution in [0.2, 0.25) is 0 Å². The number of hydrogen-bond acceptors (Lipinski definition) is 6. The van der Waals surface area contributed by atoms with E-state index in [1.807, 2.05) is 25.1 Å². The molecule has 3 aromatic carbocycles. The zero-order valence-electron chi connectivity index (χ0n) is 20.0. The average molecular weight is 565 g/mol. The summed E-state index contributed by atoms with van der Waals surface area (Å²) in [5.74, 6) is -1.22. The number of hydrazone groups is 1. The van der Waals surface area contributed by atoms with E-state index in [1.165, 1.54) is 6.21 Å². The van der Waals surface area contributed by atoms with Gasteiger partial charge in [0.25, 0.3) is 5.91 Å². The summed E-state index contributed by atoms with van der Waals surface area (Å²) in [4.78, 5) is 36.6. The summed E-state index contributed by atoms with van der Waals surface area (Å²) in [6, 6.07) is 19.0. The maximum absolute atomic E-state index is 12.3. The van der Waals surface area contributed by atoms with Crippen molar-refractivity contribution in [2.24, 2.45) is 5.10 Å². The predicted octanol–water partition coefficient (Wildman–Crippen LogP) is 4.43. The van der Waals surface area contributed by atoms with E-state index < -0.39 is 11.8 Å². The van der Waals surface area contributed by atoms with Crippen molar-refractivity contribution in [2.45, 2.75) is 6.92 Å². The van der Waals surface area contributed by atoms with Gasteiger partial charge in [0.15, 0.2) is 6.61 Å². The van der Waals surface area contributed by atoms with Crippen molar-refractivity contribution >= 4 is 51.2 Å². The van der Waals surface area contributed by atoms with Gasteiger partial charge in [0.1, 0.15) is 18.1 Å². The normalized spacial score (nSPS) is 10.4. The summed E-state index contributed by atoms with van der Waals surface area (Å²) in [6.07, 6.45) is 2.93. The maximum Gasteiger partial charge on any atom is 0.329 e. The van der Waals surface area contributed by atoms with Gasteiger partial charge in [-0.1, -0.05) is 40.7 Å². The van der Waals surface area contributed by atoms with Crippen LogP contribution in [0, 0.1) is 6.92 Å². The number of nitrogens with one attached hydrogen (secondary N) is 3. The van der Waals surface area contributed by atoms with E-state index in [0.29, 0.717) is 35.0 Å². The Morgan fingerprint density at radius 1 is 0.946 bits per heavy atom. The second-order valence-electron chi connectivity index (χ2n) is 7.67. The summed E-state index contributed by atoms with van der Waals surface area (Å²) < 4.78 is 11.7. The molecule has 0 aliphatic rings. The molecule has 3 N–H and O–H groups in total. The van der Waals surface area contributed by atoms with Crippen molar-refractivity contribution in [3.63, 3.8) is 0 Å². The van der Waals surface area contributed by atoms with E-state index in [0.717, 1.165) is 10.0 Å². The third-order valence-electron chi connectivity index (χ3n) is 4.69. The highest BCUT2D eigenvalue weighted by molar-refractivity contribution is 9.10. The minimum atomic E-state index is -0.960. The molecule has 3 amide bonds. The van der Waals surface area contributed by atoms with Crippen LogP contribution in [0.25, 0.3) is 0 Å². The van der Waals surface area contributed by atoms with Gasteiger partial charge < -0.3 is 20.1 Å². The maximum atomic E-state index is 12.3. The number of aryl methyl sites for hydroxylation is 1. The molecular formula is C27H25BrN4O5. The minimum absolute atomic E-state index is 0.234. The van der Waals surface area contributed by atoms with Gasteiger partial charge in [-0.05, 0) is 67.1 Å². The number of hydrogen-bond donors (Lipinski definition) is 3. The number of halogens is 1. The fraction of sp³-hybridized carbons (Fsp3) is 0.111. The van der Waals surface area contributed by atoms with Crippen molar-refractivity contribution in [2.75, 3.05) is 23.8 Å². The van der Waals surface area contributed by atoms with Crippen LogP contribution in [0.4, 0.5) is 11.4 Å². The number of benzene rings is 3. The Morgan fingerprint density at radius 3 is 2.46 bits per heavy atom. The van der Waals surface area contributed by atoms with Gasteiger partial charge in [-0.3, -0.25) is 14.4 Å². The van der Waals surface area contributed by atoms with Gasteiger partial charge in [0.2, 0.25) is 0 Å². The monoisotopic (exact) mass is 564 g/mol. The molecule has 0 aliphatic heterocycles. The second-order valence-corrected chi connectivity index (χ2v) is 8.58.